The van der Waals surface area contributed by atoms with E-state index in [0.717, 1.165) is 5.56 Å². The average Bonchev–Trinajstić information content (AvgIpc) is 2.20. The number of benzene rings is 1. The van der Waals surface area contributed by atoms with Crippen LogP contribution in [0.25, 0.3) is 0 Å². The summed E-state index contributed by atoms with van der Waals surface area (Å²) >= 11 is 5.71. The molecule has 0 aromatic heterocycles. The SMILES string of the molecule is COc1c(CCCO)ccc(F)c1Cl. The summed E-state index contributed by atoms with van der Waals surface area (Å²) in [6.45, 7) is 0.0954. The molecule has 1 aromatic rings. The van der Waals surface area contributed by atoms with E-state index in [9.17, 15) is 4.39 Å². The Bertz CT molecular complexity index is 315. The van der Waals surface area contributed by atoms with Crippen molar-refractivity contribution >= 4 is 11.6 Å². The Morgan fingerprint density at radius 3 is 2.79 bits per heavy atom. The molecule has 0 aliphatic rings. The summed E-state index contributed by atoms with van der Waals surface area (Å²) in [5, 5.41) is 8.67. The Balaban J connectivity index is 2.98. The maximum absolute atomic E-state index is 13.0. The van der Waals surface area contributed by atoms with Crippen LogP contribution in [0, 0.1) is 5.82 Å². The van der Waals surface area contributed by atoms with Gasteiger partial charge in [-0.25, -0.2) is 4.39 Å². The van der Waals surface area contributed by atoms with Crippen LogP contribution in [0.2, 0.25) is 5.02 Å². The predicted molar refractivity (Wildman–Crippen MR) is 53.4 cm³/mol. The molecule has 0 bridgehead atoms. The van der Waals surface area contributed by atoms with Crippen LogP contribution in [-0.2, 0) is 6.42 Å². The standard InChI is InChI=1S/C10H12ClFO2/c1-14-10-7(3-2-6-13)4-5-8(12)9(10)11/h4-5,13H,2-3,6H2,1H3. The third-order valence-electron chi connectivity index (χ3n) is 1.94. The number of hydrogen-bond donors (Lipinski definition) is 1. The number of aliphatic hydroxyl groups is 1. The van der Waals surface area contributed by atoms with E-state index in [2.05, 4.69) is 0 Å². The van der Waals surface area contributed by atoms with Crippen LogP contribution in [-0.4, -0.2) is 18.8 Å². The zero-order valence-electron chi connectivity index (χ0n) is 7.89. The molecule has 0 aliphatic carbocycles. The van der Waals surface area contributed by atoms with Crippen LogP contribution in [0.15, 0.2) is 12.1 Å². The first kappa shape index (κ1) is 11.3. The molecule has 0 fully saturated rings. The molecular weight excluding hydrogens is 207 g/mol. The van der Waals surface area contributed by atoms with Crippen molar-refractivity contribution in [1.29, 1.82) is 0 Å². The molecule has 0 atom stereocenters. The number of halogens is 2. The predicted octanol–water partition coefficient (Wildman–Crippen LogP) is 2.41. The van der Waals surface area contributed by atoms with Gasteiger partial charge in [-0.1, -0.05) is 17.7 Å². The third-order valence-corrected chi connectivity index (χ3v) is 2.29. The highest BCUT2D eigenvalue weighted by atomic mass is 35.5. The lowest BCUT2D eigenvalue weighted by Crippen LogP contribution is -1.96. The molecule has 1 rings (SSSR count). The summed E-state index contributed by atoms with van der Waals surface area (Å²) in [6, 6.07) is 2.92. The lowest BCUT2D eigenvalue weighted by molar-refractivity contribution is 0.287. The van der Waals surface area contributed by atoms with E-state index in [4.69, 9.17) is 21.4 Å². The summed E-state index contributed by atoms with van der Waals surface area (Å²) in [7, 11) is 1.45. The van der Waals surface area contributed by atoms with Gasteiger partial charge in [0.1, 0.15) is 16.6 Å². The second kappa shape index (κ2) is 5.17. The molecular formula is C10H12ClFO2. The molecule has 0 amide bonds. The molecule has 0 spiro atoms. The van der Waals surface area contributed by atoms with Gasteiger partial charge in [-0.2, -0.15) is 0 Å². The first-order valence-electron chi connectivity index (χ1n) is 4.32. The molecule has 0 saturated carbocycles. The van der Waals surface area contributed by atoms with Gasteiger partial charge in [0.05, 0.1) is 7.11 Å². The Morgan fingerprint density at radius 2 is 2.21 bits per heavy atom. The van der Waals surface area contributed by atoms with Gasteiger partial charge >= 0.3 is 0 Å². The largest absolute Gasteiger partial charge is 0.495 e. The van der Waals surface area contributed by atoms with Crippen molar-refractivity contribution in [3.63, 3.8) is 0 Å². The van der Waals surface area contributed by atoms with E-state index >= 15 is 0 Å². The van der Waals surface area contributed by atoms with Crippen LogP contribution in [0.1, 0.15) is 12.0 Å². The molecule has 0 heterocycles. The number of aliphatic hydroxyl groups excluding tert-OH is 1. The highest BCUT2D eigenvalue weighted by Gasteiger charge is 2.11. The van der Waals surface area contributed by atoms with E-state index in [-0.39, 0.29) is 11.6 Å². The molecule has 78 valence electrons. The van der Waals surface area contributed by atoms with Crippen molar-refractivity contribution in [3.05, 3.63) is 28.5 Å². The second-order valence-corrected chi connectivity index (χ2v) is 3.26. The van der Waals surface area contributed by atoms with E-state index in [1.807, 2.05) is 0 Å². The zero-order valence-corrected chi connectivity index (χ0v) is 8.64. The molecule has 1 N–H and O–H groups in total. The molecule has 0 aliphatic heterocycles. The fraction of sp³-hybridized carbons (Fsp3) is 0.400. The normalized spacial score (nSPS) is 10.3. The fourth-order valence-corrected chi connectivity index (χ4v) is 1.52. The van der Waals surface area contributed by atoms with Crippen molar-refractivity contribution in [3.8, 4) is 5.75 Å². The lowest BCUT2D eigenvalue weighted by atomic mass is 10.1. The van der Waals surface area contributed by atoms with Crippen molar-refractivity contribution in [2.24, 2.45) is 0 Å². The summed E-state index contributed by atoms with van der Waals surface area (Å²) in [5.41, 5.74) is 0.813. The highest BCUT2D eigenvalue weighted by molar-refractivity contribution is 6.32. The van der Waals surface area contributed by atoms with Gasteiger partial charge in [0, 0.05) is 6.61 Å². The number of ether oxygens (including phenoxy) is 1. The van der Waals surface area contributed by atoms with Crippen molar-refractivity contribution in [1.82, 2.24) is 0 Å². The van der Waals surface area contributed by atoms with Gasteiger partial charge < -0.3 is 9.84 Å². The van der Waals surface area contributed by atoms with E-state index in [1.165, 1.54) is 13.2 Å². The van der Waals surface area contributed by atoms with E-state index < -0.39 is 5.82 Å². The van der Waals surface area contributed by atoms with Gasteiger partial charge in [-0.3, -0.25) is 0 Å². The smallest absolute Gasteiger partial charge is 0.145 e. The summed E-state index contributed by atoms with van der Waals surface area (Å²) in [4.78, 5) is 0. The Labute approximate surface area is 87.3 Å². The van der Waals surface area contributed by atoms with E-state index in [0.29, 0.717) is 18.6 Å². The summed E-state index contributed by atoms with van der Waals surface area (Å²) in [6.07, 6.45) is 1.23. The Kier molecular flexibility index (Phi) is 4.17. The maximum Gasteiger partial charge on any atom is 0.145 e. The van der Waals surface area contributed by atoms with Gasteiger partial charge in [0.2, 0.25) is 0 Å². The van der Waals surface area contributed by atoms with Gasteiger partial charge in [-0.15, -0.1) is 0 Å². The molecule has 0 saturated heterocycles. The summed E-state index contributed by atoms with van der Waals surface area (Å²) in [5.74, 6) is -0.128. The quantitative estimate of drug-likeness (QED) is 0.841. The first-order valence-corrected chi connectivity index (χ1v) is 4.70. The minimum atomic E-state index is -0.490. The van der Waals surface area contributed by atoms with Crippen LogP contribution in [0.4, 0.5) is 4.39 Å². The highest BCUT2D eigenvalue weighted by Crippen LogP contribution is 2.31. The molecule has 0 unspecified atom stereocenters. The lowest BCUT2D eigenvalue weighted by Gasteiger charge is -2.09. The Morgan fingerprint density at radius 1 is 1.50 bits per heavy atom. The number of methoxy groups -OCH3 is 1. The molecule has 1 aromatic carbocycles. The van der Waals surface area contributed by atoms with Crippen LogP contribution in [0.5, 0.6) is 5.75 Å². The van der Waals surface area contributed by atoms with Crippen LogP contribution in [0.3, 0.4) is 0 Å². The monoisotopic (exact) mass is 218 g/mol. The summed E-state index contributed by atoms with van der Waals surface area (Å²) < 4.78 is 18.0. The zero-order chi connectivity index (χ0) is 10.6. The van der Waals surface area contributed by atoms with Crippen LogP contribution < -0.4 is 4.74 Å². The maximum atomic E-state index is 13.0. The van der Waals surface area contributed by atoms with E-state index in [1.54, 1.807) is 6.07 Å². The molecule has 14 heavy (non-hydrogen) atoms. The van der Waals surface area contributed by atoms with Crippen molar-refractivity contribution in [2.45, 2.75) is 12.8 Å². The Hall–Kier alpha value is -0.800. The molecule has 0 radical (unpaired) electrons. The van der Waals surface area contributed by atoms with Crippen LogP contribution >= 0.6 is 11.6 Å². The van der Waals surface area contributed by atoms with Crippen molar-refractivity contribution in [2.75, 3.05) is 13.7 Å². The topological polar surface area (TPSA) is 29.5 Å². The number of rotatable bonds is 4. The van der Waals surface area contributed by atoms with Gasteiger partial charge in [-0.05, 0) is 24.5 Å². The van der Waals surface area contributed by atoms with Gasteiger partial charge in [0.25, 0.3) is 0 Å². The number of aryl methyl sites for hydroxylation is 1. The average molecular weight is 219 g/mol. The number of hydrogen-bond acceptors (Lipinski definition) is 2. The van der Waals surface area contributed by atoms with Gasteiger partial charge in [0.15, 0.2) is 0 Å². The fourth-order valence-electron chi connectivity index (χ4n) is 1.26. The minimum absolute atomic E-state index is 0.00272. The second-order valence-electron chi connectivity index (χ2n) is 2.88. The molecule has 4 heteroatoms. The molecule has 2 nitrogen and oxygen atoms in total. The van der Waals surface area contributed by atoms with Crippen molar-refractivity contribution < 1.29 is 14.2 Å². The minimum Gasteiger partial charge on any atom is -0.495 e. The third kappa shape index (κ3) is 2.36. The first-order chi connectivity index (χ1) is 6.70.